The fourth-order valence-corrected chi connectivity index (χ4v) is 1.54. The standard InChI is InChI=1S/C12H19FN6O2/c1-16-11-5-4-9(17-18-11)3-2-8(13)6-19(15)7-10(14)12(20)21/h4-5,7-8H,2-3,6,14-15H2,1H3,(H,16,18)(H,20,21)/b10-7-. The van der Waals surface area contributed by atoms with Crippen molar-refractivity contribution in [3.63, 3.8) is 0 Å². The Bertz CT molecular complexity index is 493. The van der Waals surface area contributed by atoms with Crippen LogP contribution in [0.4, 0.5) is 10.2 Å². The van der Waals surface area contributed by atoms with E-state index in [9.17, 15) is 9.18 Å². The summed E-state index contributed by atoms with van der Waals surface area (Å²) in [6.45, 7) is -0.157. The molecular weight excluding hydrogens is 279 g/mol. The molecule has 1 heterocycles. The molecule has 0 amide bonds. The maximum absolute atomic E-state index is 13.7. The Hall–Kier alpha value is -2.42. The lowest BCUT2D eigenvalue weighted by Gasteiger charge is -2.17. The molecule has 21 heavy (non-hydrogen) atoms. The molecule has 8 nitrogen and oxygen atoms in total. The maximum atomic E-state index is 13.7. The van der Waals surface area contributed by atoms with Crippen LogP contribution in [0, 0.1) is 0 Å². The number of aliphatic carboxylic acids is 1. The van der Waals surface area contributed by atoms with Crippen LogP contribution in [0.1, 0.15) is 12.1 Å². The number of aryl methyl sites for hydroxylation is 1. The highest BCUT2D eigenvalue weighted by molar-refractivity contribution is 5.85. The molecular formula is C12H19FN6O2. The summed E-state index contributed by atoms with van der Waals surface area (Å²) in [5.41, 5.74) is 5.40. The fraction of sp³-hybridized carbons (Fsp3) is 0.417. The maximum Gasteiger partial charge on any atom is 0.353 e. The largest absolute Gasteiger partial charge is 0.477 e. The molecule has 1 atom stereocenters. The van der Waals surface area contributed by atoms with E-state index >= 15 is 0 Å². The Morgan fingerprint density at radius 2 is 2.29 bits per heavy atom. The van der Waals surface area contributed by atoms with Gasteiger partial charge in [-0.2, -0.15) is 5.10 Å². The van der Waals surface area contributed by atoms with Crippen LogP contribution in [0.2, 0.25) is 0 Å². The van der Waals surface area contributed by atoms with E-state index in [2.05, 4.69) is 15.5 Å². The molecule has 6 N–H and O–H groups in total. The monoisotopic (exact) mass is 298 g/mol. The summed E-state index contributed by atoms with van der Waals surface area (Å²) < 4.78 is 13.7. The Balaban J connectivity index is 2.41. The lowest BCUT2D eigenvalue weighted by molar-refractivity contribution is -0.132. The second-order valence-corrected chi connectivity index (χ2v) is 4.38. The van der Waals surface area contributed by atoms with Gasteiger partial charge in [0.15, 0.2) is 0 Å². The number of aromatic nitrogens is 2. The van der Waals surface area contributed by atoms with Crippen LogP contribution in [0.5, 0.6) is 0 Å². The number of carbonyl (C=O) groups is 1. The topological polar surface area (TPSA) is 130 Å². The van der Waals surface area contributed by atoms with Crippen LogP contribution >= 0.6 is 0 Å². The SMILES string of the molecule is CNc1ccc(CCC(F)CN(N)/C=C(\N)C(=O)O)nn1. The number of anilines is 1. The second kappa shape index (κ2) is 8.00. The summed E-state index contributed by atoms with van der Waals surface area (Å²) in [5.74, 6) is 4.79. The zero-order valence-corrected chi connectivity index (χ0v) is 11.7. The summed E-state index contributed by atoms with van der Waals surface area (Å²) in [6, 6.07) is 3.51. The van der Waals surface area contributed by atoms with Crippen molar-refractivity contribution in [1.29, 1.82) is 0 Å². The van der Waals surface area contributed by atoms with E-state index in [1.165, 1.54) is 0 Å². The molecule has 9 heteroatoms. The van der Waals surface area contributed by atoms with Crippen LogP contribution in [0.15, 0.2) is 24.0 Å². The van der Waals surface area contributed by atoms with Crippen molar-refractivity contribution >= 4 is 11.8 Å². The summed E-state index contributed by atoms with van der Waals surface area (Å²) in [6.07, 6.45) is 0.349. The smallest absolute Gasteiger partial charge is 0.353 e. The molecule has 0 bridgehead atoms. The average molecular weight is 298 g/mol. The Morgan fingerprint density at radius 3 is 2.81 bits per heavy atom. The van der Waals surface area contributed by atoms with E-state index in [1.807, 2.05) is 0 Å². The minimum Gasteiger partial charge on any atom is -0.477 e. The van der Waals surface area contributed by atoms with E-state index in [0.717, 1.165) is 11.2 Å². The molecule has 0 aliphatic rings. The number of hydrogen-bond donors (Lipinski definition) is 4. The van der Waals surface area contributed by atoms with Crippen molar-refractivity contribution in [1.82, 2.24) is 15.2 Å². The molecule has 0 aliphatic heterocycles. The van der Waals surface area contributed by atoms with Crippen molar-refractivity contribution in [3.8, 4) is 0 Å². The second-order valence-electron chi connectivity index (χ2n) is 4.38. The first-order valence-corrected chi connectivity index (χ1v) is 6.28. The van der Waals surface area contributed by atoms with E-state index in [1.54, 1.807) is 19.2 Å². The van der Waals surface area contributed by atoms with Crippen molar-refractivity contribution in [2.45, 2.75) is 19.0 Å². The number of hydrazine groups is 1. The number of rotatable bonds is 8. The van der Waals surface area contributed by atoms with Gasteiger partial charge in [0.1, 0.15) is 17.7 Å². The third-order valence-electron chi connectivity index (χ3n) is 2.65. The molecule has 1 aromatic heterocycles. The zero-order valence-electron chi connectivity index (χ0n) is 11.7. The van der Waals surface area contributed by atoms with Crippen LogP contribution in [-0.2, 0) is 11.2 Å². The zero-order chi connectivity index (χ0) is 15.8. The van der Waals surface area contributed by atoms with E-state index in [-0.39, 0.29) is 13.0 Å². The third kappa shape index (κ3) is 6.04. The highest BCUT2D eigenvalue weighted by atomic mass is 19.1. The number of alkyl halides is 1. The Labute approximate surface area is 121 Å². The molecule has 0 aromatic carbocycles. The molecule has 0 radical (unpaired) electrons. The third-order valence-corrected chi connectivity index (χ3v) is 2.65. The molecule has 0 aliphatic carbocycles. The predicted octanol–water partition coefficient (Wildman–Crippen LogP) is -0.151. The fourth-order valence-electron chi connectivity index (χ4n) is 1.54. The molecule has 1 rings (SSSR count). The number of halogens is 1. The highest BCUT2D eigenvalue weighted by Crippen LogP contribution is 2.08. The molecule has 0 fully saturated rings. The van der Waals surface area contributed by atoms with Crippen LogP contribution in [0.25, 0.3) is 0 Å². The minimum absolute atomic E-state index is 0.157. The number of nitrogens with one attached hydrogen (secondary N) is 1. The van der Waals surface area contributed by atoms with Crippen molar-refractivity contribution in [2.24, 2.45) is 11.6 Å². The average Bonchev–Trinajstić information content (AvgIpc) is 2.45. The van der Waals surface area contributed by atoms with Gasteiger partial charge in [0, 0.05) is 13.2 Å². The van der Waals surface area contributed by atoms with Gasteiger partial charge in [-0.3, -0.25) is 0 Å². The summed E-state index contributed by atoms with van der Waals surface area (Å²) >= 11 is 0. The quantitative estimate of drug-likeness (QED) is 0.296. The van der Waals surface area contributed by atoms with Crippen LogP contribution < -0.4 is 16.9 Å². The van der Waals surface area contributed by atoms with Gasteiger partial charge < -0.3 is 21.2 Å². The number of carboxylic acids is 1. The van der Waals surface area contributed by atoms with Crippen LogP contribution in [-0.4, -0.2) is 46.0 Å². The Morgan fingerprint density at radius 1 is 1.57 bits per heavy atom. The molecule has 1 aromatic rings. The number of nitrogens with zero attached hydrogens (tertiary/aromatic N) is 3. The molecule has 116 valence electrons. The van der Waals surface area contributed by atoms with E-state index in [0.29, 0.717) is 17.9 Å². The Kier molecular flexibility index (Phi) is 6.34. The van der Waals surface area contributed by atoms with E-state index in [4.69, 9.17) is 16.7 Å². The number of hydrogen-bond acceptors (Lipinski definition) is 7. The van der Waals surface area contributed by atoms with Crippen molar-refractivity contribution in [2.75, 3.05) is 18.9 Å². The number of nitrogens with two attached hydrogens (primary N) is 2. The van der Waals surface area contributed by atoms with Gasteiger partial charge >= 0.3 is 5.97 Å². The lowest BCUT2D eigenvalue weighted by Crippen LogP contribution is -2.33. The number of carboxylic acid groups (broad SMARTS) is 1. The molecule has 1 unspecified atom stereocenters. The minimum atomic E-state index is -1.30. The van der Waals surface area contributed by atoms with Gasteiger partial charge in [0.2, 0.25) is 0 Å². The van der Waals surface area contributed by atoms with Crippen molar-refractivity contribution in [3.05, 3.63) is 29.7 Å². The van der Waals surface area contributed by atoms with Gasteiger partial charge in [-0.05, 0) is 25.0 Å². The summed E-state index contributed by atoms with van der Waals surface area (Å²) in [5, 5.41) is 20.1. The molecule has 0 saturated carbocycles. The first kappa shape index (κ1) is 16.6. The van der Waals surface area contributed by atoms with Gasteiger partial charge in [-0.1, -0.05) is 0 Å². The van der Waals surface area contributed by atoms with E-state index < -0.39 is 17.8 Å². The van der Waals surface area contributed by atoms with Gasteiger partial charge in [0.05, 0.1) is 12.2 Å². The van der Waals surface area contributed by atoms with Crippen LogP contribution in [0.3, 0.4) is 0 Å². The van der Waals surface area contributed by atoms with Gasteiger partial charge in [-0.15, -0.1) is 5.10 Å². The van der Waals surface area contributed by atoms with Gasteiger partial charge in [0.25, 0.3) is 0 Å². The first-order chi connectivity index (χ1) is 9.92. The predicted molar refractivity (Wildman–Crippen MR) is 75.6 cm³/mol. The molecule has 0 saturated heterocycles. The highest BCUT2D eigenvalue weighted by Gasteiger charge is 2.11. The van der Waals surface area contributed by atoms with Gasteiger partial charge in [-0.25, -0.2) is 15.0 Å². The summed E-state index contributed by atoms with van der Waals surface area (Å²) in [4.78, 5) is 10.5. The molecule has 0 spiro atoms. The summed E-state index contributed by atoms with van der Waals surface area (Å²) in [7, 11) is 1.73. The first-order valence-electron chi connectivity index (χ1n) is 6.28. The van der Waals surface area contributed by atoms with Crippen molar-refractivity contribution < 1.29 is 14.3 Å². The normalized spacial score (nSPS) is 12.8. The lowest BCUT2D eigenvalue weighted by atomic mass is 10.1.